The highest BCUT2D eigenvalue weighted by Crippen LogP contribution is 2.17. The number of rotatable bonds is 17. The fourth-order valence-corrected chi connectivity index (χ4v) is 3.72. The summed E-state index contributed by atoms with van der Waals surface area (Å²) in [6, 6.07) is 0. The lowest BCUT2D eigenvalue weighted by Gasteiger charge is -2.26. The molecule has 0 aromatic heterocycles. The highest BCUT2D eigenvalue weighted by Gasteiger charge is 2.22. The number of nitrogens with two attached hydrogens (primary N) is 1. The molecule has 0 fully saturated rings. The van der Waals surface area contributed by atoms with Gasteiger partial charge >= 0.3 is 0 Å². The Labute approximate surface area is 163 Å². The van der Waals surface area contributed by atoms with Crippen molar-refractivity contribution in [2.75, 3.05) is 6.54 Å². The highest BCUT2D eigenvalue weighted by molar-refractivity contribution is 5.62. The van der Waals surface area contributed by atoms with E-state index in [9.17, 15) is 0 Å². The smallest absolute Gasteiger partial charge is 0.103 e. The predicted octanol–water partition coefficient (Wildman–Crippen LogP) is 6.43. The van der Waals surface area contributed by atoms with E-state index in [-0.39, 0.29) is 6.17 Å². The zero-order valence-electron chi connectivity index (χ0n) is 17.7. The lowest BCUT2D eigenvalue weighted by molar-refractivity contribution is 0.182. The Balaban J connectivity index is 1.81. The summed E-state index contributed by atoms with van der Waals surface area (Å²) in [5.41, 5.74) is 5.99. The van der Waals surface area contributed by atoms with Gasteiger partial charge in [0.1, 0.15) is 6.17 Å². The monoisotopic (exact) mass is 363 g/mol. The van der Waals surface area contributed by atoms with Gasteiger partial charge in [-0.1, -0.05) is 76.9 Å². The van der Waals surface area contributed by atoms with E-state index in [0.29, 0.717) is 6.17 Å². The maximum absolute atomic E-state index is 5.99. The topological polar surface area (TPSA) is 41.6 Å². The summed E-state index contributed by atoms with van der Waals surface area (Å²) in [5, 5.41) is 0. The zero-order valence-corrected chi connectivity index (χ0v) is 17.7. The van der Waals surface area contributed by atoms with E-state index in [1.54, 1.807) is 0 Å². The Kier molecular flexibility index (Phi) is 14.8. The third-order valence-corrected chi connectivity index (χ3v) is 5.45. The molecule has 1 heterocycles. The summed E-state index contributed by atoms with van der Waals surface area (Å²) in [6.45, 7) is 5.27. The van der Waals surface area contributed by atoms with Crippen molar-refractivity contribution in [1.82, 2.24) is 4.90 Å². The zero-order chi connectivity index (χ0) is 18.9. The van der Waals surface area contributed by atoms with Crippen LogP contribution in [0.2, 0.25) is 0 Å². The summed E-state index contributed by atoms with van der Waals surface area (Å²) in [7, 11) is 0. The van der Waals surface area contributed by atoms with Crippen molar-refractivity contribution in [2.45, 2.75) is 122 Å². The van der Waals surface area contributed by atoms with Crippen LogP contribution in [0.3, 0.4) is 0 Å². The van der Waals surface area contributed by atoms with E-state index >= 15 is 0 Å². The molecule has 2 N–H and O–H groups in total. The number of hydrogen-bond donors (Lipinski definition) is 1. The number of unbranched alkanes of at least 4 members (excludes halogenated alkanes) is 12. The van der Waals surface area contributed by atoms with Gasteiger partial charge in [0.05, 0.1) is 6.17 Å². The molecule has 0 saturated heterocycles. The second-order valence-electron chi connectivity index (χ2n) is 7.98. The second kappa shape index (κ2) is 16.5. The Morgan fingerprint density at radius 2 is 1.46 bits per heavy atom. The second-order valence-corrected chi connectivity index (χ2v) is 7.98. The van der Waals surface area contributed by atoms with Gasteiger partial charge in [-0.2, -0.15) is 0 Å². The Bertz CT molecular complexity index is 362. The van der Waals surface area contributed by atoms with Crippen LogP contribution in [0.1, 0.15) is 110 Å². The van der Waals surface area contributed by atoms with E-state index in [1.807, 2.05) is 6.21 Å². The molecule has 26 heavy (non-hydrogen) atoms. The molecule has 0 spiro atoms. The van der Waals surface area contributed by atoms with E-state index in [2.05, 4.69) is 35.9 Å². The van der Waals surface area contributed by atoms with Gasteiger partial charge < -0.3 is 5.73 Å². The summed E-state index contributed by atoms with van der Waals surface area (Å²) in [6.07, 6.45) is 27.6. The molecule has 0 bridgehead atoms. The number of allylic oxidation sites excluding steroid dienone is 2. The first-order valence-electron chi connectivity index (χ1n) is 11.4. The molecule has 0 aromatic rings. The predicted molar refractivity (Wildman–Crippen MR) is 117 cm³/mol. The van der Waals surface area contributed by atoms with Crippen molar-refractivity contribution in [1.29, 1.82) is 0 Å². The molecule has 0 saturated carbocycles. The van der Waals surface area contributed by atoms with Gasteiger partial charge in [0.25, 0.3) is 0 Å². The van der Waals surface area contributed by atoms with Crippen LogP contribution < -0.4 is 5.73 Å². The maximum atomic E-state index is 5.99. The minimum absolute atomic E-state index is 0.121. The van der Waals surface area contributed by atoms with E-state index in [4.69, 9.17) is 5.73 Å². The summed E-state index contributed by atoms with van der Waals surface area (Å²) >= 11 is 0. The number of aliphatic imine (C=N–C) groups is 1. The van der Waals surface area contributed by atoms with Gasteiger partial charge in [0.15, 0.2) is 0 Å². The Morgan fingerprint density at radius 1 is 0.923 bits per heavy atom. The van der Waals surface area contributed by atoms with E-state index < -0.39 is 0 Å². The van der Waals surface area contributed by atoms with Crippen LogP contribution in [0.4, 0.5) is 0 Å². The third-order valence-electron chi connectivity index (χ3n) is 5.45. The normalized spacial score (nSPS) is 19.0. The van der Waals surface area contributed by atoms with Gasteiger partial charge in [0.2, 0.25) is 0 Å². The summed E-state index contributed by atoms with van der Waals surface area (Å²) in [5.74, 6) is 0. The van der Waals surface area contributed by atoms with Crippen LogP contribution in [0, 0.1) is 0 Å². The minimum atomic E-state index is 0.121. The lowest BCUT2D eigenvalue weighted by atomic mass is 10.1. The fraction of sp³-hybridized carbons (Fsp3) is 0.870. The average molecular weight is 364 g/mol. The van der Waals surface area contributed by atoms with Crippen molar-refractivity contribution < 1.29 is 0 Å². The summed E-state index contributed by atoms with van der Waals surface area (Å²) in [4.78, 5) is 6.85. The molecule has 3 heteroatoms. The number of nitrogens with zero attached hydrogens (tertiary/aromatic N) is 2. The molecule has 1 aliphatic heterocycles. The standard InChI is InChI=1S/C23H45N3/c1-3-4-5-6-7-8-9-10-11-12-13-14-15-16-17-18-19-23-25-20-21-26(23)22(2)24/h11-12,20,22-23H,3-10,13-19,21,24H2,1-2H3/b12-11+. The largest absolute Gasteiger partial charge is 0.316 e. The molecule has 0 aromatic carbocycles. The van der Waals surface area contributed by atoms with Crippen molar-refractivity contribution in [2.24, 2.45) is 10.7 Å². The first-order chi connectivity index (χ1) is 12.8. The summed E-state index contributed by atoms with van der Waals surface area (Å²) < 4.78 is 0. The molecular weight excluding hydrogens is 318 g/mol. The maximum Gasteiger partial charge on any atom is 0.103 e. The molecule has 152 valence electrons. The SMILES string of the molecule is CCCCCCCCC/C=C/CCCCCCCC1N=CCN1C(C)N. The first-order valence-corrected chi connectivity index (χ1v) is 11.4. The fourth-order valence-electron chi connectivity index (χ4n) is 3.72. The Hall–Kier alpha value is -0.670. The van der Waals surface area contributed by atoms with Crippen molar-refractivity contribution >= 4 is 6.21 Å². The quantitative estimate of drug-likeness (QED) is 0.239. The molecule has 3 nitrogen and oxygen atoms in total. The Morgan fingerprint density at radius 3 is 2.04 bits per heavy atom. The third kappa shape index (κ3) is 11.9. The number of hydrogen-bond acceptors (Lipinski definition) is 3. The highest BCUT2D eigenvalue weighted by atomic mass is 15.3. The van der Waals surface area contributed by atoms with Crippen LogP contribution in [-0.4, -0.2) is 30.0 Å². The van der Waals surface area contributed by atoms with E-state index in [1.165, 1.54) is 89.9 Å². The van der Waals surface area contributed by atoms with Crippen LogP contribution in [0.5, 0.6) is 0 Å². The van der Waals surface area contributed by atoms with E-state index in [0.717, 1.165) is 13.0 Å². The van der Waals surface area contributed by atoms with Crippen LogP contribution in [-0.2, 0) is 0 Å². The van der Waals surface area contributed by atoms with Gasteiger partial charge in [-0.15, -0.1) is 0 Å². The van der Waals surface area contributed by atoms with Gasteiger partial charge in [-0.25, -0.2) is 0 Å². The molecule has 2 unspecified atom stereocenters. The molecule has 2 atom stereocenters. The van der Waals surface area contributed by atoms with Crippen molar-refractivity contribution in [3.63, 3.8) is 0 Å². The van der Waals surface area contributed by atoms with Gasteiger partial charge in [0, 0.05) is 12.8 Å². The minimum Gasteiger partial charge on any atom is -0.316 e. The van der Waals surface area contributed by atoms with Crippen LogP contribution in [0.15, 0.2) is 17.1 Å². The first kappa shape index (κ1) is 23.4. The van der Waals surface area contributed by atoms with Gasteiger partial charge in [-0.05, 0) is 45.4 Å². The van der Waals surface area contributed by atoms with Crippen LogP contribution in [0.25, 0.3) is 0 Å². The van der Waals surface area contributed by atoms with Gasteiger partial charge in [-0.3, -0.25) is 9.89 Å². The molecule has 0 radical (unpaired) electrons. The molecule has 1 rings (SSSR count). The lowest BCUT2D eigenvalue weighted by Crippen LogP contribution is -2.43. The van der Waals surface area contributed by atoms with Crippen molar-refractivity contribution in [3.05, 3.63) is 12.2 Å². The molecule has 0 amide bonds. The van der Waals surface area contributed by atoms with Crippen molar-refractivity contribution in [3.8, 4) is 0 Å². The molecule has 1 aliphatic rings. The average Bonchev–Trinajstić information content (AvgIpc) is 3.10. The molecular formula is C23H45N3. The molecule has 0 aliphatic carbocycles. The van der Waals surface area contributed by atoms with Crippen LogP contribution >= 0.6 is 0 Å².